The molecule has 106 valence electrons. The van der Waals surface area contributed by atoms with E-state index in [2.05, 4.69) is 21.2 Å². The molecule has 0 spiro atoms. The molecule has 6 heteroatoms. The van der Waals surface area contributed by atoms with Crippen LogP contribution in [0.5, 0.6) is 0 Å². The summed E-state index contributed by atoms with van der Waals surface area (Å²) in [5.41, 5.74) is 1.86. The first kappa shape index (κ1) is 14.7. The van der Waals surface area contributed by atoms with Crippen LogP contribution in [0.2, 0.25) is 0 Å². The molecule has 0 aliphatic carbocycles. The van der Waals surface area contributed by atoms with E-state index in [4.69, 9.17) is 0 Å². The van der Waals surface area contributed by atoms with Crippen molar-refractivity contribution in [1.29, 1.82) is 0 Å². The van der Waals surface area contributed by atoms with Crippen LogP contribution in [0.3, 0.4) is 0 Å². The van der Waals surface area contributed by atoms with Crippen LogP contribution in [-0.4, -0.2) is 16.9 Å². The lowest BCUT2D eigenvalue weighted by Gasteiger charge is -2.10. The Hall–Kier alpha value is -1.69. The molecule has 0 saturated carbocycles. The van der Waals surface area contributed by atoms with Gasteiger partial charge in [0.2, 0.25) is 0 Å². The van der Waals surface area contributed by atoms with E-state index in [0.29, 0.717) is 5.69 Å². The maximum absolute atomic E-state index is 12.4. The number of hydrogen-bond acceptors (Lipinski definition) is 1. The highest BCUT2D eigenvalue weighted by Crippen LogP contribution is 2.21. The number of rotatable bonds is 4. The lowest BCUT2D eigenvalue weighted by molar-refractivity contribution is 0.0998. The average molecular weight is 343 g/mol. The van der Waals surface area contributed by atoms with Crippen molar-refractivity contribution in [2.24, 2.45) is 0 Å². The Labute approximate surface area is 123 Å². The summed E-state index contributed by atoms with van der Waals surface area (Å²) in [6, 6.07) is 8.48. The van der Waals surface area contributed by atoms with E-state index >= 15 is 0 Å². The number of carbonyl (C=O) groups excluding carboxylic acids is 1. The Morgan fingerprint density at radius 1 is 1.40 bits per heavy atom. The minimum Gasteiger partial charge on any atom is -0.338 e. The van der Waals surface area contributed by atoms with Crippen molar-refractivity contribution in [3.63, 3.8) is 0 Å². The van der Waals surface area contributed by atoms with Gasteiger partial charge in [-0.3, -0.25) is 4.79 Å². The lowest BCUT2D eigenvalue weighted by Crippen LogP contribution is -2.18. The summed E-state index contributed by atoms with van der Waals surface area (Å²) in [6.45, 7) is 1.44. The summed E-state index contributed by atoms with van der Waals surface area (Å²) >= 11 is 3.38. The Morgan fingerprint density at radius 2 is 2.15 bits per heavy atom. The lowest BCUT2D eigenvalue weighted by atomic mass is 10.2. The molecule has 2 rings (SSSR count). The largest absolute Gasteiger partial charge is 0.338 e. The molecule has 0 radical (unpaired) electrons. The minimum absolute atomic E-state index is 0.210. The van der Waals surface area contributed by atoms with Crippen molar-refractivity contribution in [2.45, 2.75) is 19.9 Å². The maximum atomic E-state index is 12.4. The van der Waals surface area contributed by atoms with Gasteiger partial charge in [-0.2, -0.15) is 0 Å². The molecule has 1 aromatic carbocycles. The van der Waals surface area contributed by atoms with Crippen LogP contribution < -0.4 is 5.32 Å². The zero-order valence-corrected chi connectivity index (χ0v) is 12.3. The molecule has 1 N–H and O–H groups in total. The third-order valence-corrected chi connectivity index (χ3v) is 3.68. The molecule has 0 saturated heterocycles. The summed E-state index contributed by atoms with van der Waals surface area (Å²) in [5, 5.41) is 2.69. The predicted molar refractivity (Wildman–Crippen MR) is 77.3 cm³/mol. The maximum Gasteiger partial charge on any atom is 0.272 e. The standard InChI is InChI=1S/C14H13BrF2N2O/c1-9-4-5-10(7-11(9)15)18-14(20)12-3-2-6-19(12)8-13(16)17/h2-7,13H,8H2,1H3,(H,18,20). The van der Waals surface area contributed by atoms with Crippen molar-refractivity contribution in [3.05, 3.63) is 52.3 Å². The number of aromatic nitrogens is 1. The van der Waals surface area contributed by atoms with Gasteiger partial charge in [-0.05, 0) is 36.8 Å². The Kier molecular flexibility index (Phi) is 4.54. The third kappa shape index (κ3) is 3.45. The number of benzene rings is 1. The molecule has 1 aromatic heterocycles. The molecule has 3 nitrogen and oxygen atoms in total. The van der Waals surface area contributed by atoms with Crippen LogP contribution in [0.1, 0.15) is 16.1 Å². The zero-order chi connectivity index (χ0) is 14.7. The van der Waals surface area contributed by atoms with Gasteiger partial charge in [-0.15, -0.1) is 0 Å². The number of hydrogen-bond donors (Lipinski definition) is 1. The molecule has 1 heterocycles. The van der Waals surface area contributed by atoms with Gasteiger partial charge in [0, 0.05) is 16.4 Å². The molecular weight excluding hydrogens is 330 g/mol. The number of nitrogens with zero attached hydrogens (tertiary/aromatic N) is 1. The van der Waals surface area contributed by atoms with E-state index in [-0.39, 0.29) is 5.69 Å². The monoisotopic (exact) mass is 342 g/mol. The van der Waals surface area contributed by atoms with Gasteiger partial charge in [0.1, 0.15) is 5.69 Å². The summed E-state index contributed by atoms with van der Waals surface area (Å²) in [6.07, 6.45) is -1.03. The summed E-state index contributed by atoms with van der Waals surface area (Å²) in [4.78, 5) is 12.1. The van der Waals surface area contributed by atoms with Gasteiger partial charge in [0.25, 0.3) is 12.3 Å². The predicted octanol–water partition coefficient (Wildman–Crippen LogP) is 4.08. The number of nitrogens with one attached hydrogen (secondary N) is 1. The minimum atomic E-state index is -2.50. The van der Waals surface area contributed by atoms with Gasteiger partial charge in [0.05, 0.1) is 6.54 Å². The fraction of sp³-hybridized carbons (Fsp3) is 0.214. The SMILES string of the molecule is Cc1ccc(NC(=O)c2cccn2CC(F)F)cc1Br. The summed E-state index contributed by atoms with van der Waals surface area (Å²) in [5.74, 6) is -0.411. The van der Waals surface area contributed by atoms with Gasteiger partial charge in [-0.25, -0.2) is 8.78 Å². The van der Waals surface area contributed by atoms with Crippen LogP contribution in [0.15, 0.2) is 41.0 Å². The van der Waals surface area contributed by atoms with Gasteiger partial charge < -0.3 is 9.88 Å². The molecule has 0 fully saturated rings. The number of amides is 1. The highest BCUT2D eigenvalue weighted by molar-refractivity contribution is 9.10. The van der Waals surface area contributed by atoms with E-state index in [1.807, 2.05) is 13.0 Å². The first-order chi connectivity index (χ1) is 9.47. The highest BCUT2D eigenvalue weighted by Gasteiger charge is 2.14. The molecule has 1 amide bonds. The van der Waals surface area contributed by atoms with Crippen LogP contribution in [-0.2, 0) is 6.54 Å². The Bertz CT molecular complexity index is 625. The number of halogens is 3. The number of aryl methyl sites for hydroxylation is 1. The normalized spacial score (nSPS) is 10.8. The van der Waals surface area contributed by atoms with Crippen LogP contribution in [0, 0.1) is 6.92 Å². The molecule has 0 bridgehead atoms. The molecule has 0 atom stereocenters. The number of alkyl halides is 2. The van der Waals surface area contributed by atoms with E-state index in [1.54, 1.807) is 18.2 Å². The molecule has 0 unspecified atom stereocenters. The van der Waals surface area contributed by atoms with Crippen molar-refractivity contribution in [3.8, 4) is 0 Å². The van der Waals surface area contributed by atoms with Crippen molar-refractivity contribution in [2.75, 3.05) is 5.32 Å². The van der Waals surface area contributed by atoms with Gasteiger partial charge >= 0.3 is 0 Å². The first-order valence-corrected chi connectivity index (χ1v) is 6.77. The molecule has 0 aliphatic heterocycles. The summed E-state index contributed by atoms with van der Waals surface area (Å²) < 4.78 is 26.9. The highest BCUT2D eigenvalue weighted by atomic mass is 79.9. The smallest absolute Gasteiger partial charge is 0.272 e. The van der Waals surface area contributed by atoms with Crippen LogP contribution in [0.4, 0.5) is 14.5 Å². The first-order valence-electron chi connectivity index (χ1n) is 5.98. The van der Waals surface area contributed by atoms with E-state index in [9.17, 15) is 13.6 Å². The van der Waals surface area contributed by atoms with Crippen LogP contribution in [0.25, 0.3) is 0 Å². The second kappa shape index (κ2) is 6.17. The number of anilines is 1. The van der Waals surface area contributed by atoms with Gasteiger partial charge in [-0.1, -0.05) is 22.0 Å². The molecule has 2 aromatic rings. The summed E-state index contributed by atoms with van der Waals surface area (Å²) in [7, 11) is 0. The van der Waals surface area contributed by atoms with Crippen LogP contribution >= 0.6 is 15.9 Å². The third-order valence-electron chi connectivity index (χ3n) is 2.83. The molecular formula is C14H13BrF2N2O. The number of carbonyl (C=O) groups is 1. The molecule has 0 aliphatic rings. The second-order valence-electron chi connectivity index (χ2n) is 4.35. The van der Waals surface area contributed by atoms with E-state index < -0.39 is 18.9 Å². The van der Waals surface area contributed by atoms with E-state index in [0.717, 1.165) is 10.0 Å². The average Bonchev–Trinajstić information content (AvgIpc) is 2.81. The van der Waals surface area contributed by atoms with Gasteiger partial charge in [0.15, 0.2) is 0 Å². The Balaban J connectivity index is 2.15. The second-order valence-corrected chi connectivity index (χ2v) is 5.21. The topological polar surface area (TPSA) is 34.0 Å². The Morgan fingerprint density at radius 3 is 2.80 bits per heavy atom. The quantitative estimate of drug-likeness (QED) is 0.892. The van der Waals surface area contributed by atoms with Crippen molar-refractivity contribution < 1.29 is 13.6 Å². The van der Waals surface area contributed by atoms with Crippen molar-refractivity contribution >= 4 is 27.5 Å². The van der Waals surface area contributed by atoms with E-state index in [1.165, 1.54) is 16.8 Å². The zero-order valence-electron chi connectivity index (χ0n) is 10.7. The van der Waals surface area contributed by atoms with Crippen molar-refractivity contribution in [1.82, 2.24) is 4.57 Å². The fourth-order valence-electron chi connectivity index (χ4n) is 1.79. The molecule has 20 heavy (non-hydrogen) atoms. The fourth-order valence-corrected chi connectivity index (χ4v) is 2.17.